The number of ether oxygens (including phenoxy) is 1. The van der Waals surface area contributed by atoms with E-state index in [1.165, 1.54) is 11.8 Å². The first kappa shape index (κ1) is 14.4. The zero-order valence-electron chi connectivity index (χ0n) is 10.3. The van der Waals surface area contributed by atoms with Crippen molar-refractivity contribution in [1.29, 1.82) is 0 Å². The number of rotatable bonds is 4. The Labute approximate surface area is 124 Å². The third kappa shape index (κ3) is 3.29. The van der Waals surface area contributed by atoms with Crippen LogP contribution in [0.5, 0.6) is 5.75 Å². The van der Waals surface area contributed by atoms with Gasteiger partial charge in [0.1, 0.15) is 5.75 Å². The maximum Gasteiger partial charge on any atom is 0.151 e. The summed E-state index contributed by atoms with van der Waals surface area (Å²) in [7, 11) is 1.62. The number of hydrogen-bond acceptors (Lipinski definition) is 3. The van der Waals surface area contributed by atoms with Crippen LogP contribution in [0.3, 0.4) is 0 Å². The van der Waals surface area contributed by atoms with Gasteiger partial charge in [-0.1, -0.05) is 17.8 Å². The van der Waals surface area contributed by atoms with E-state index in [2.05, 4.69) is 15.9 Å². The van der Waals surface area contributed by atoms with Crippen molar-refractivity contribution in [2.45, 2.75) is 16.3 Å². The molecule has 0 radical (unpaired) electrons. The van der Waals surface area contributed by atoms with Crippen LogP contribution in [0, 0.1) is 5.82 Å². The lowest BCUT2D eigenvalue weighted by Gasteiger charge is -2.08. The Hall–Kier alpha value is -1.04. The van der Waals surface area contributed by atoms with Crippen LogP contribution in [0.25, 0.3) is 0 Å². The highest BCUT2D eigenvalue weighted by Crippen LogP contribution is 2.34. The van der Waals surface area contributed by atoms with Crippen LogP contribution in [0.4, 0.5) is 4.39 Å². The normalized spacial score (nSPS) is 10.5. The summed E-state index contributed by atoms with van der Waals surface area (Å²) < 4.78 is 19.7. The van der Waals surface area contributed by atoms with Crippen molar-refractivity contribution in [3.05, 3.63) is 52.3 Å². The van der Waals surface area contributed by atoms with Gasteiger partial charge in [0.15, 0.2) is 5.82 Å². The summed E-state index contributed by atoms with van der Waals surface area (Å²) in [4.78, 5) is 1.52. The molecule has 0 spiro atoms. The fourth-order valence-electron chi connectivity index (χ4n) is 1.58. The Bertz CT molecular complexity index is 574. The second kappa shape index (κ2) is 6.41. The number of halogens is 2. The van der Waals surface area contributed by atoms with Crippen molar-refractivity contribution in [1.82, 2.24) is 0 Å². The minimum absolute atomic E-state index is 0.274. The first-order valence-electron chi connectivity index (χ1n) is 5.64. The summed E-state index contributed by atoms with van der Waals surface area (Å²) >= 11 is 4.60. The molecule has 0 aliphatic heterocycles. The van der Waals surface area contributed by atoms with Gasteiger partial charge in [-0.15, -0.1) is 0 Å². The number of methoxy groups -OCH3 is 1. The number of benzene rings is 2. The molecule has 0 heterocycles. The Morgan fingerprint density at radius 1 is 1.21 bits per heavy atom. The van der Waals surface area contributed by atoms with Gasteiger partial charge in [0.2, 0.25) is 0 Å². The van der Waals surface area contributed by atoms with E-state index in [9.17, 15) is 4.39 Å². The molecule has 0 unspecified atom stereocenters. The molecule has 0 aromatic heterocycles. The van der Waals surface area contributed by atoms with Crippen LogP contribution in [0.15, 0.2) is 50.7 Å². The summed E-state index contributed by atoms with van der Waals surface area (Å²) in [6.07, 6.45) is 0. The van der Waals surface area contributed by atoms with Crippen LogP contribution in [0.2, 0.25) is 0 Å². The van der Waals surface area contributed by atoms with Gasteiger partial charge in [0.25, 0.3) is 0 Å². The van der Waals surface area contributed by atoms with Gasteiger partial charge in [-0.2, -0.15) is 0 Å². The highest BCUT2D eigenvalue weighted by Gasteiger charge is 2.11. The molecule has 2 nitrogen and oxygen atoms in total. The van der Waals surface area contributed by atoms with Gasteiger partial charge < -0.3 is 10.5 Å². The van der Waals surface area contributed by atoms with E-state index in [0.717, 1.165) is 16.2 Å². The van der Waals surface area contributed by atoms with Gasteiger partial charge >= 0.3 is 0 Å². The standard InChI is InChI=1S/C14H13BrFNOS/c1-18-10-3-5-11(6-4-10)19-12-7-2-9(8-17)13(15)14(12)16/h2-7H,8,17H2,1H3. The molecule has 0 bridgehead atoms. The maximum atomic E-state index is 14.1. The Morgan fingerprint density at radius 2 is 1.89 bits per heavy atom. The second-order valence-corrected chi connectivity index (χ2v) is 5.74. The fraction of sp³-hybridized carbons (Fsp3) is 0.143. The highest BCUT2D eigenvalue weighted by atomic mass is 79.9. The Kier molecular flexibility index (Phi) is 4.85. The van der Waals surface area contributed by atoms with E-state index in [0.29, 0.717) is 15.9 Å². The topological polar surface area (TPSA) is 35.2 Å². The van der Waals surface area contributed by atoms with Gasteiger partial charge in [-0.05, 0) is 51.8 Å². The van der Waals surface area contributed by atoms with Crippen molar-refractivity contribution in [3.63, 3.8) is 0 Å². The summed E-state index contributed by atoms with van der Waals surface area (Å²) in [5.74, 6) is 0.508. The largest absolute Gasteiger partial charge is 0.497 e. The van der Waals surface area contributed by atoms with Crippen molar-refractivity contribution in [3.8, 4) is 5.75 Å². The van der Waals surface area contributed by atoms with Crippen LogP contribution in [-0.4, -0.2) is 7.11 Å². The first-order chi connectivity index (χ1) is 9.15. The summed E-state index contributed by atoms with van der Waals surface area (Å²) in [5, 5.41) is 0. The molecule has 2 aromatic rings. The fourth-order valence-corrected chi connectivity index (χ4v) is 3.07. The van der Waals surface area contributed by atoms with E-state index in [-0.39, 0.29) is 5.82 Å². The molecule has 0 fully saturated rings. The Balaban J connectivity index is 2.25. The van der Waals surface area contributed by atoms with Crippen LogP contribution < -0.4 is 10.5 Å². The molecule has 0 amide bonds. The molecule has 0 saturated heterocycles. The number of hydrogen-bond donors (Lipinski definition) is 1. The van der Waals surface area contributed by atoms with Crippen molar-refractivity contribution in [2.24, 2.45) is 5.73 Å². The molecule has 2 aromatic carbocycles. The first-order valence-corrected chi connectivity index (χ1v) is 7.25. The summed E-state index contributed by atoms with van der Waals surface area (Å²) in [6, 6.07) is 11.1. The van der Waals surface area contributed by atoms with E-state index in [1.807, 2.05) is 30.3 Å². The Morgan fingerprint density at radius 3 is 2.47 bits per heavy atom. The van der Waals surface area contributed by atoms with E-state index in [4.69, 9.17) is 10.5 Å². The highest BCUT2D eigenvalue weighted by molar-refractivity contribution is 9.10. The monoisotopic (exact) mass is 341 g/mol. The molecule has 19 heavy (non-hydrogen) atoms. The molecule has 2 rings (SSSR count). The summed E-state index contributed by atoms with van der Waals surface area (Å²) in [6.45, 7) is 0.311. The zero-order valence-corrected chi connectivity index (χ0v) is 12.7. The van der Waals surface area contributed by atoms with Gasteiger partial charge in [-0.25, -0.2) is 4.39 Å². The van der Waals surface area contributed by atoms with Crippen LogP contribution in [0.1, 0.15) is 5.56 Å². The minimum atomic E-state index is -0.274. The van der Waals surface area contributed by atoms with Gasteiger partial charge in [0.05, 0.1) is 11.6 Å². The van der Waals surface area contributed by atoms with Crippen molar-refractivity contribution >= 4 is 27.7 Å². The molecule has 0 aliphatic rings. The lowest BCUT2D eigenvalue weighted by molar-refractivity contribution is 0.414. The third-order valence-corrected chi connectivity index (χ3v) is 4.53. The van der Waals surface area contributed by atoms with Crippen LogP contribution in [-0.2, 0) is 6.54 Å². The van der Waals surface area contributed by atoms with Gasteiger partial charge in [-0.3, -0.25) is 0 Å². The smallest absolute Gasteiger partial charge is 0.151 e. The van der Waals surface area contributed by atoms with E-state index < -0.39 is 0 Å². The molecule has 5 heteroatoms. The summed E-state index contributed by atoms with van der Waals surface area (Å²) in [5.41, 5.74) is 6.30. The van der Waals surface area contributed by atoms with Gasteiger partial charge in [0, 0.05) is 16.3 Å². The average molecular weight is 342 g/mol. The second-order valence-electron chi connectivity index (χ2n) is 3.83. The molecule has 2 N–H and O–H groups in total. The quantitative estimate of drug-likeness (QED) is 0.904. The molecule has 0 saturated carbocycles. The molecular formula is C14H13BrFNOS. The lowest BCUT2D eigenvalue weighted by atomic mass is 10.2. The molecule has 0 atom stereocenters. The molecular weight excluding hydrogens is 329 g/mol. The van der Waals surface area contributed by atoms with E-state index in [1.54, 1.807) is 13.2 Å². The lowest BCUT2D eigenvalue weighted by Crippen LogP contribution is -1.99. The van der Waals surface area contributed by atoms with Crippen molar-refractivity contribution < 1.29 is 9.13 Å². The third-order valence-electron chi connectivity index (χ3n) is 2.63. The van der Waals surface area contributed by atoms with E-state index >= 15 is 0 Å². The zero-order chi connectivity index (χ0) is 13.8. The van der Waals surface area contributed by atoms with Crippen molar-refractivity contribution in [2.75, 3.05) is 7.11 Å². The molecule has 100 valence electrons. The minimum Gasteiger partial charge on any atom is -0.497 e. The average Bonchev–Trinajstić information content (AvgIpc) is 2.45. The predicted molar refractivity (Wildman–Crippen MR) is 79.1 cm³/mol. The van der Waals surface area contributed by atoms with Crippen LogP contribution >= 0.6 is 27.7 Å². The maximum absolute atomic E-state index is 14.1. The SMILES string of the molecule is COc1ccc(Sc2ccc(CN)c(Br)c2F)cc1. The predicted octanol–water partition coefficient (Wildman–Crippen LogP) is 4.21. The number of nitrogens with two attached hydrogens (primary N) is 1. The molecule has 0 aliphatic carbocycles.